The molecule has 4 nitrogen and oxygen atoms in total. The Balaban J connectivity index is 1.44. The number of carbonyl (C=O) groups excluding carboxylic acids is 2. The number of rotatable bonds is 4. The first-order valence-electron chi connectivity index (χ1n) is 9.28. The van der Waals surface area contributed by atoms with E-state index in [2.05, 4.69) is 5.32 Å². The Kier molecular flexibility index (Phi) is 5.79. The lowest BCUT2D eigenvalue weighted by Crippen LogP contribution is -2.35. The van der Waals surface area contributed by atoms with Crippen molar-refractivity contribution in [3.8, 4) is 0 Å². The van der Waals surface area contributed by atoms with Crippen molar-refractivity contribution < 1.29 is 9.59 Å². The zero-order valence-corrected chi connectivity index (χ0v) is 17.2. The molecule has 29 heavy (non-hydrogen) atoms. The summed E-state index contributed by atoms with van der Waals surface area (Å²) in [6.45, 7) is 1.25. The van der Waals surface area contributed by atoms with Crippen molar-refractivity contribution in [2.45, 2.75) is 13.0 Å². The van der Waals surface area contributed by atoms with Gasteiger partial charge in [-0.25, -0.2) is 0 Å². The number of hydrogen-bond acceptors (Lipinski definition) is 3. The van der Waals surface area contributed by atoms with Crippen molar-refractivity contribution in [1.29, 1.82) is 0 Å². The van der Waals surface area contributed by atoms with E-state index in [1.807, 2.05) is 58.8 Å². The first-order valence-corrected chi connectivity index (χ1v) is 10.5. The highest BCUT2D eigenvalue weighted by atomic mass is 35.5. The predicted octanol–water partition coefficient (Wildman–Crippen LogP) is 5.25. The standard InChI is InChI=1S/C23H19ClN2O2S/c24-20-5-2-1-4-17(20)8-10-22(27)25-19-9-7-16-11-12-26(15-18(16)14-19)23(28)21-6-3-13-29-21/h1-10,13-14H,11-12,15H2,(H,25,27)/b10-8+. The fourth-order valence-corrected chi connectivity index (χ4v) is 4.21. The molecule has 0 fully saturated rings. The molecule has 0 aliphatic carbocycles. The molecule has 1 aromatic heterocycles. The van der Waals surface area contributed by atoms with Crippen LogP contribution in [0.1, 0.15) is 26.4 Å². The fraction of sp³-hybridized carbons (Fsp3) is 0.130. The van der Waals surface area contributed by atoms with Crippen molar-refractivity contribution in [1.82, 2.24) is 4.90 Å². The second-order valence-corrected chi connectivity index (χ2v) is 8.14. The molecule has 1 aliphatic heterocycles. The third kappa shape index (κ3) is 4.58. The second kappa shape index (κ2) is 8.64. The Hall–Kier alpha value is -2.89. The average Bonchev–Trinajstić information content (AvgIpc) is 3.27. The van der Waals surface area contributed by atoms with E-state index in [0.29, 0.717) is 23.8 Å². The average molecular weight is 423 g/mol. The van der Waals surface area contributed by atoms with E-state index in [9.17, 15) is 9.59 Å². The van der Waals surface area contributed by atoms with Gasteiger partial charge in [0.15, 0.2) is 0 Å². The highest BCUT2D eigenvalue weighted by molar-refractivity contribution is 7.12. The van der Waals surface area contributed by atoms with Crippen molar-refractivity contribution in [2.24, 2.45) is 0 Å². The minimum Gasteiger partial charge on any atom is -0.333 e. The Morgan fingerprint density at radius 3 is 2.72 bits per heavy atom. The normalized spacial score (nSPS) is 13.3. The lowest BCUT2D eigenvalue weighted by atomic mass is 9.99. The van der Waals surface area contributed by atoms with Crippen LogP contribution in [0.4, 0.5) is 5.69 Å². The molecular weight excluding hydrogens is 404 g/mol. The van der Waals surface area contributed by atoms with Crippen LogP contribution in [0.5, 0.6) is 0 Å². The summed E-state index contributed by atoms with van der Waals surface area (Å²) in [6, 6.07) is 17.0. The van der Waals surface area contributed by atoms with Gasteiger partial charge in [-0.1, -0.05) is 41.9 Å². The number of amides is 2. The molecule has 0 saturated heterocycles. The third-order valence-corrected chi connectivity index (χ3v) is 6.03. The molecule has 2 amide bonds. The summed E-state index contributed by atoms with van der Waals surface area (Å²) < 4.78 is 0. The number of halogens is 1. The fourth-order valence-electron chi connectivity index (χ4n) is 3.32. The molecule has 0 radical (unpaired) electrons. The van der Waals surface area contributed by atoms with E-state index < -0.39 is 0 Å². The van der Waals surface area contributed by atoms with Gasteiger partial charge >= 0.3 is 0 Å². The van der Waals surface area contributed by atoms with Crippen LogP contribution in [-0.2, 0) is 17.8 Å². The second-order valence-electron chi connectivity index (χ2n) is 6.78. The zero-order chi connectivity index (χ0) is 20.2. The monoisotopic (exact) mass is 422 g/mol. The number of hydrogen-bond donors (Lipinski definition) is 1. The number of nitrogens with zero attached hydrogens (tertiary/aromatic N) is 1. The van der Waals surface area contributed by atoms with Crippen LogP contribution in [0, 0.1) is 0 Å². The summed E-state index contributed by atoms with van der Waals surface area (Å²) in [6.07, 6.45) is 3.97. The molecule has 1 N–H and O–H groups in total. The number of anilines is 1. The summed E-state index contributed by atoms with van der Waals surface area (Å²) >= 11 is 7.57. The number of nitrogens with one attached hydrogen (secondary N) is 1. The van der Waals surface area contributed by atoms with Gasteiger partial charge in [-0.15, -0.1) is 11.3 Å². The topological polar surface area (TPSA) is 49.4 Å². The van der Waals surface area contributed by atoms with E-state index in [1.165, 1.54) is 23.0 Å². The van der Waals surface area contributed by atoms with Gasteiger partial charge in [0.2, 0.25) is 5.91 Å². The highest BCUT2D eigenvalue weighted by Crippen LogP contribution is 2.25. The van der Waals surface area contributed by atoms with E-state index in [4.69, 9.17) is 11.6 Å². The summed E-state index contributed by atoms with van der Waals surface area (Å²) in [5.41, 5.74) is 3.78. The number of benzene rings is 2. The van der Waals surface area contributed by atoms with Gasteiger partial charge < -0.3 is 10.2 Å². The van der Waals surface area contributed by atoms with Gasteiger partial charge in [0.25, 0.3) is 5.91 Å². The SMILES string of the molecule is O=C(/C=C/c1ccccc1Cl)Nc1ccc2c(c1)CN(C(=O)c1cccs1)CC2. The van der Waals surface area contributed by atoms with Crippen LogP contribution in [0.3, 0.4) is 0 Å². The number of carbonyl (C=O) groups is 2. The van der Waals surface area contributed by atoms with E-state index in [0.717, 1.165) is 22.4 Å². The first kappa shape index (κ1) is 19.4. The van der Waals surface area contributed by atoms with Crippen molar-refractivity contribution in [3.05, 3.63) is 92.6 Å². The van der Waals surface area contributed by atoms with E-state index in [-0.39, 0.29) is 11.8 Å². The zero-order valence-electron chi connectivity index (χ0n) is 15.6. The molecule has 4 rings (SSSR count). The number of fused-ring (bicyclic) bond motifs is 1. The molecule has 2 heterocycles. The Morgan fingerprint density at radius 1 is 1.07 bits per heavy atom. The van der Waals surface area contributed by atoms with Crippen LogP contribution < -0.4 is 5.32 Å². The van der Waals surface area contributed by atoms with Crippen LogP contribution in [0.25, 0.3) is 6.08 Å². The molecule has 3 aromatic rings. The highest BCUT2D eigenvalue weighted by Gasteiger charge is 2.22. The predicted molar refractivity (Wildman–Crippen MR) is 118 cm³/mol. The molecule has 0 spiro atoms. The molecule has 146 valence electrons. The lowest BCUT2D eigenvalue weighted by Gasteiger charge is -2.29. The van der Waals surface area contributed by atoms with Crippen LogP contribution >= 0.6 is 22.9 Å². The molecule has 6 heteroatoms. The first-order chi connectivity index (χ1) is 14.1. The van der Waals surface area contributed by atoms with Gasteiger partial charge in [0.05, 0.1) is 4.88 Å². The smallest absolute Gasteiger partial charge is 0.264 e. The number of thiophene rings is 1. The molecular formula is C23H19ClN2O2S. The van der Waals surface area contributed by atoms with Gasteiger partial charge in [-0.3, -0.25) is 9.59 Å². The Labute approximate surface area is 178 Å². The van der Waals surface area contributed by atoms with Gasteiger partial charge in [-0.2, -0.15) is 0 Å². The maximum Gasteiger partial charge on any atom is 0.264 e. The molecule has 0 saturated carbocycles. The summed E-state index contributed by atoms with van der Waals surface area (Å²) in [4.78, 5) is 27.5. The molecule has 1 aliphatic rings. The molecule has 0 atom stereocenters. The summed E-state index contributed by atoms with van der Waals surface area (Å²) in [7, 11) is 0. The maximum atomic E-state index is 12.6. The van der Waals surface area contributed by atoms with Gasteiger partial charge in [0, 0.05) is 29.9 Å². The van der Waals surface area contributed by atoms with Gasteiger partial charge in [-0.05, 0) is 58.8 Å². The van der Waals surface area contributed by atoms with Crippen molar-refractivity contribution in [2.75, 3.05) is 11.9 Å². The Morgan fingerprint density at radius 2 is 1.93 bits per heavy atom. The quantitative estimate of drug-likeness (QED) is 0.583. The minimum absolute atomic E-state index is 0.0581. The lowest BCUT2D eigenvalue weighted by molar-refractivity contribution is -0.111. The van der Waals surface area contributed by atoms with E-state index in [1.54, 1.807) is 12.1 Å². The van der Waals surface area contributed by atoms with Crippen LogP contribution in [0.2, 0.25) is 5.02 Å². The van der Waals surface area contributed by atoms with Gasteiger partial charge in [0.1, 0.15) is 0 Å². The third-order valence-electron chi connectivity index (χ3n) is 4.82. The maximum absolute atomic E-state index is 12.6. The molecule has 2 aromatic carbocycles. The summed E-state index contributed by atoms with van der Waals surface area (Å²) in [5, 5.41) is 5.39. The van der Waals surface area contributed by atoms with E-state index >= 15 is 0 Å². The summed E-state index contributed by atoms with van der Waals surface area (Å²) in [5.74, 6) is -0.171. The Bertz CT molecular complexity index is 1080. The minimum atomic E-state index is -0.229. The van der Waals surface area contributed by atoms with Crippen molar-refractivity contribution in [3.63, 3.8) is 0 Å². The van der Waals surface area contributed by atoms with Crippen molar-refractivity contribution >= 4 is 46.5 Å². The largest absolute Gasteiger partial charge is 0.333 e. The molecule has 0 unspecified atom stereocenters. The van der Waals surface area contributed by atoms with Crippen LogP contribution in [-0.4, -0.2) is 23.3 Å². The molecule has 0 bridgehead atoms. The van der Waals surface area contributed by atoms with Crippen LogP contribution in [0.15, 0.2) is 66.1 Å².